The van der Waals surface area contributed by atoms with E-state index in [-0.39, 0.29) is 0 Å². The summed E-state index contributed by atoms with van der Waals surface area (Å²) in [5.74, 6) is 4.45. The molecule has 1 aliphatic heterocycles. The van der Waals surface area contributed by atoms with E-state index in [0.717, 1.165) is 69.2 Å². The lowest BCUT2D eigenvalue weighted by atomic mass is 9.92. The number of morpholine rings is 1. The van der Waals surface area contributed by atoms with Crippen molar-refractivity contribution in [3.63, 3.8) is 0 Å². The Bertz CT molecular complexity index is 627. The maximum Gasteiger partial charge on any atom is 0.191 e. The molecule has 1 aromatic heterocycles. The predicted octanol–water partition coefficient (Wildman–Crippen LogP) is 2.05. The molecule has 1 saturated heterocycles. The van der Waals surface area contributed by atoms with Gasteiger partial charge in [-0.2, -0.15) is 11.8 Å². The Morgan fingerprint density at radius 1 is 1.20 bits per heavy atom. The number of guanidine groups is 1. The molecule has 0 amide bonds. The summed E-state index contributed by atoms with van der Waals surface area (Å²) in [6, 6.07) is 0.485. The Morgan fingerprint density at radius 2 is 1.93 bits per heavy atom. The highest BCUT2D eigenvalue weighted by Gasteiger charge is 2.27. The first-order chi connectivity index (χ1) is 14.6. The number of nitrogens with zero attached hydrogens (tertiary/aromatic N) is 5. The highest BCUT2D eigenvalue weighted by Crippen LogP contribution is 2.19. The maximum absolute atomic E-state index is 5.58. The van der Waals surface area contributed by atoms with Crippen molar-refractivity contribution in [1.82, 2.24) is 30.3 Å². The van der Waals surface area contributed by atoms with Crippen molar-refractivity contribution in [1.29, 1.82) is 0 Å². The molecular formula is C21H41N7OS. The first-order valence-corrected chi connectivity index (χ1v) is 12.7. The monoisotopic (exact) mass is 439 g/mol. The third kappa shape index (κ3) is 7.74. The van der Waals surface area contributed by atoms with E-state index in [4.69, 9.17) is 9.73 Å². The molecule has 1 fully saturated rings. The Labute approximate surface area is 186 Å². The molecule has 9 heteroatoms. The molecule has 1 atom stereocenters. The Hall–Kier alpha value is -1.32. The molecule has 0 radical (unpaired) electrons. The number of aliphatic imine (C=N–C) groups is 1. The fourth-order valence-electron chi connectivity index (χ4n) is 3.87. The highest BCUT2D eigenvalue weighted by atomic mass is 32.2. The van der Waals surface area contributed by atoms with Gasteiger partial charge in [0.05, 0.1) is 13.2 Å². The Kier molecular flexibility index (Phi) is 11.5. The Balaban J connectivity index is 2.04. The van der Waals surface area contributed by atoms with Gasteiger partial charge in [0.1, 0.15) is 12.4 Å². The molecule has 0 spiro atoms. The molecule has 0 bridgehead atoms. The van der Waals surface area contributed by atoms with Gasteiger partial charge in [0.2, 0.25) is 0 Å². The molecule has 8 nitrogen and oxygen atoms in total. The molecule has 2 rings (SSSR count). The second-order valence-electron chi connectivity index (χ2n) is 7.83. The molecule has 2 N–H and O–H groups in total. The lowest BCUT2D eigenvalue weighted by Gasteiger charge is -2.39. The van der Waals surface area contributed by atoms with E-state index in [1.807, 2.05) is 30.3 Å². The zero-order valence-electron chi connectivity index (χ0n) is 19.5. The number of aromatic nitrogens is 3. The zero-order valence-corrected chi connectivity index (χ0v) is 20.3. The van der Waals surface area contributed by atoms with Crippen LogP contribution in [0.15, 0.2) is 4.99 Å². The average molecular weight is 440 g/mol. The van der Waals surface area contributed by atoms with Crippen LogP contribution in [0, 0.1) is 12.8 Å². The van der Waals surface area contributed by atoms with Gasteiger partial charge in [-0.1, -0.05) is 26.7 Å². The molecule has 1 unspecified atom stereocenters. The van der Waals surface area contributed by atoms with Crippen LogP contribution in [0.4, 0.5) is 0 Å². The second kappa shape index (κ2) is 13.9. The van der Waals surface area contributed by atoms with E-state index in [2.05, 4.69) is 45.8 Å². The topological polar surface area (TPSA) is 79.6 Å². The lowest BCUT2D eigenvalue weighted by Crippen LogP contribution is -2.53. The zero-order chi connectivity index (χ0) is 21.8. The van der Waals surface area contributed by atoms with Crippen LogP contribution in [0.3, 0.4) is 0 Å². The summed E-state index contributed by atoms with van der Waals surface area (Å²) in [5, 5.41) is 15.5. The summed E-state index contributed by atoms with van der Waals surface area (Å²) in [5.41, 5.74) is 0. The first kappa shape index (κ1) is 24.9. The van der Waals surface area contributed by atoms with Crippen molar-refractivity contribution in [2.75, 3.05) is 51.4 Å². The molecule has 0 saturated carbocycles. The van der Waals surface area contributed by atoms with Gasteiger partial charge in [0, 0.05) is 39.3 Å². The standard InChI is InChI=1S/C21H41N7OS/c1-6-18(7-2)19(28-10-12-29-13-11-28)15-23-21(22-9-8-14-30-5)24-16-20-26-25-17(3)27(20)4/h18-19H,6-16H2,1-5H3,(H2,22,23,24). The van der Waals surface area contributed by atoms with Crippen LogP contribution >= 0.6 is 11.8 Å². The molecule has 0 aliphatic carbocycles. The number of aryl methyl sites for hydroxylation is 1. The largest absolute Gasteiger partial charge is 0.379 e. The van der Waals surface area contributed by atoms with Gasteiger partial charge in [-0.25, -0.2) is 4.99 Å². The van der Waals surface area contributed by atoms with Crippen molar-refractivity contribution in [2.45, 2.75) is 52.6 Å². The van der Waals surface area contributed by atoms with Gasteiger partial charge in [-0.3, -0.25) is 4.90 Å². The summed E-state index contributed by atoms with van der Waals surface area (Å²) in [7, 11) is 1.99. The fourth-order valence-corrected chi connectivity index (χ4v) is 4.31. The van der Waals surface area contributed by atoms with E-state index in [0.29, 0.717) is 18.5 Å². The van der Waals surface area contributed by atoms with E-state index in [1.54, 1.807) is 0 Å². The van der Waals surface area contributed by atoms with Crippen molar-refractivity contribution >= 4 is 17.7 Å². The van der Waals surface area contributed by atoms with Crippen LogP contribution in [-0.2, 0) is 18.3 Å². The summed E-state index contributed by atoms with van der Waals surface area (Å²) < 4.78 is 7.58. The number of thioether (sulfide) groups is 1. The van der Waals surface area contributed by atoms with Crippen molar-refractivity contribution in [3.8, 4) is 0 Å². The molecule has 172 valence electrons. The SMILES string of the molecule is CCC(CC)C(CNC(=NCc1nnc(C)n1C)NCCCSC)N1CCOCC1. The average Bonchev–Trinajstić information content (AvgIpc) is 3.09. The lowest BCUT2D eigenvalue weighted by molar-refractivity contribution is 0.00272. The normalized spacial score (nSPS) is 16.8. The highest BCUT2D eigenvalue weighted by molar-refractivity contribution is 7.98. The van der Waals surface area contributed by atoms with Gasteiger partial charge < -0.3 is 19.9 Å². The smallest absolute Gasteiger partial charge is 0.191 e. The minimum Gasteiger partial charge on any atom is -0.379 e. The van der Waals surface area contributed by atoms with Crippen LogP contribution in [0.2, 0.25) is 0 Å². The minimum absolute atomic E-state index is 0.485. The van der Waals surface area contributed by atoms with Crippen molar-refractivity contribution in [2.24, 2.45) is 18.0 Å². The molecule has 1 aliphatic rings. The molecule has 30 heavy (non-hydrogen) atoms. The van der Waals surface area contributed by atoms with Gasteiger partial charge in [0.15, 0.2) is 11.8 Å². The first-order valence-electron chi connectivity index (χ1n) is 11.3. The maximum atomic E-state index is 5.58. The number of nitrogens with one attached hydrogen (secondary N) is 2. The molecule has 1 aromatic rings. The molecule has 2 heterocycles. The van der Waals surface area contributed by atoms with Gasteiger partial charge in [-0.15, -0.1) is 10.2 Å². The van der Waals surface area contributed by atoms with Crippen LogP contribution in [0.25, 0.3) is 0 Å². The van der Waals surface area contributed by atoms with Crippen LogP contribution < -0.4 is 10.6 Å². The second-order valence-corrected chi connectivity index (χ2v) is 8.82. The van der Waals surface area contributed by atoms with E-state index in [9.17, 15) is 0 Å². The molecular weight excluding hydrogens is 398 g/mol. The van der Waals surface area contributed by atoms with Crippen molar-refractivity contribution < 1.29 is 4.74 Å². The minimum atomic E-state index is 0.485. The Morgan fingerprint density at radius 3 is 2.53 bits per heavy atom. The van der Waals surface area contributed by atoms with Crippen LogP contribution in [0.1, 0.15) is 44.8 Å². The number of rotatable bonds is 12. The van der Waals surface area contributed by atoms with Gasteiger partial charge in [-0.05, 0) is 31.3 Å². The summed E-state index contributed by atoms with van der Waals surface area (Å²) in [4.78, 5) is 7.40. The van der Waals surface area contributed by atoms with E-state index >= 15 is 0 Å². The quantitative estimate of drug-likeness (QED) is 0.293. The summed E-state index contributed by atoms with van der Waals surface area (Å²) >= 11 is 1.87. The number of hydrogen-bond acceptors (Lipinski definition) is 6. The third-order valence-corrected chi connectivity index (χ3v) is 6.66. The van der Waals surface area contributed by atoms with Crippen molar-refractivity contribution in [3.05, 3.63) is 11.6 Å². The van der Waals surface area contributed by atoms with E-state index < -0.39 is 0 Å². The van der Waals surface area contributed by atoms with Gasteiger partial charge in [0.25, 0.3) is 0 Å². The van der Waals surface area contributed by atoms with Crippen LogP contribution in [0.5, 0.6) is 0 Å². The fraction of sp³-hybridized carbons (Fsp3) is 0.857. The summed E-state index contributed by atoms with van der Waals surface area (Å²) in [6.07, 6.45) is 5.63. The third-order valence-electron chi connectivity index (χ3n) is 5.97. The molecule has 0 aromatic carbocycles. The summed E-state index contributed by atoms with van der Waals surface area (Å²) in [6.45, 7) is 12.6. The predicted molar refractivity (Wildman–Crippen MR) is 126 cm³/mol. The van der Waals surface area contributed by atoms with Gasteiger partial charge >= 0.3 is 0 Å². The van der Waals surface area contributed by atoms with Crippen LogP contribution in [-0.4, -0.2) is 83.1 Å². The number of ether oxygens (including phenoxy) is 1. The number of hydrogen-bond donors (Lipinski definition) is 2. The van der Waals surface area contributed by atoms with E-state index in [1.165, 1.54) is 12.8 Å².